The van der Waals surface area contributed by atoms with Gasteiger partial charge in [0.2, 0.25) is 0 Å². The lowest BCUT2D eigenvalue weighted by atomic mass is 10.1. The van der Waals surface area contributed by atoms with Crippen LogP contribution in [0.1, 0.15) is 15.9 Å². The summed E-state index contributed by atoms with van der Waals surface area (Å²) in [6.07, 6.45) is 1.06. The molecule has 3 rings (SSSR count). The van der Waals surface area contributed by atoms with Crippen LogP contribution in [0, 0.1) is 6.92 Å². The fourth-order valence-electron chi connectivity index (χ4n) is 2.89. The van der Waals surface area contributed by atoms with Gasteiger partial charge in [-0.15, -0.1) is 0 Å². The fraction of sp³-hybridized carbons (Fsp3) is 0.136. The standard InChI is InChI=1S/C22H22N2O6S2/c1-15-7-12-19(31(3,26)27)14-21(15)22(25)23-17-5-4-6-20(13-17)32(28,29)24-16-8-10-18(30-2)11-9-16/h4-14,24H,1-3H3,(H,23,25). The third kappa shape index (κ3) is 5.45. The average molecular weight is 475 g/mol. The van der Waals surface area contributed by atoms with E-state index in [2.05, 4.69) is 10.0 Å². The largest absolute Gasteiger partial charge is 0.497 e. The monoisotopic (exact) mass is 474 g/mol. The highest BCUT2D eigenvalue weighted by Crippen LogP contribution is 2.22. The number of nitrogens with one attached hydrogen (secondary N) is 2. The van der Waals surface area contributed by atoms with E-state index in [1.54, 1.807) is 43.3 Å². The lowest BCUT2D eigenvalue weighted by Crippen LogP contribution is -2.16. The van der Waals surface area contributed by atoms with Crippen LogP contribution >= 0.6 is 0 Å². The molecule has 2 N–H and O–H groups in total. The highest BCUT2D eigenvalue weighted by atomic mass is 32.2. The normalized spacial score (nSPS) is 11.6. The molecule has 32 heavy (non-hydrogen) atoms. The molecule has 3 aromatic rings. The molecule has 3 aromatic carbocycles. The van der Waals surface area contributed by atoms with Gasteiger partial charge in [-0.3, -0.25) is 9.52 Å². The number of methoxy groups -OCH3 is 1. The minimum atomic E-state index is -3.91. The van der Waals surface area contributed by atoms with Gasteiger partial charge in [-0.2, -0.15) is 0 Å². The van der Waals surface area contributed by atoms with Gasteiger partial charge >= 0.3 is 0 Å². The van der Waals surface area contributed by atoms with Crippen molar-refractivity contribution in [3.8, 4) is 5.75 Å². The van der Waals surface area contributed by atoms with E-state index in [4.69, 9.17) is 4.74 Å². The Morgan fingerprint density at radius 3 is 2.16 bits per heavy atom. The van der Waals surface area contributed by atoms with Crippen LogP contribution in [0.2, 0.25) is 0 Å². The van der Waals surface area contributed by atoms with Crippen LogP contribution in [-0.4, -0.2) is 36.1 Å². The fourth-order valence-corrected chi connectivity index (χ4v) is 4.64. The Kier molecular flexibility index (Phi) is 6.56. The number of carbonyl (C=O) groups excluding carboxylic acids is 1. The maximum absolute atomic E-state index is 12.8. The molecule has 0 aliphatic rings. The van der Waals surface area contributed by atoms with Crippen molar-refractivity contribution in [2.24, 2.45) is 0 Å². The number of sulfone groups is 1. The highest BCUT2D eigenvalue weighted by Gasteiger charge is 2.17. The first kappa shape index (κ1) is 23.3. The summed E-state index contributed by atoms with van der Waals surface area (Å²) >= 11 is 0. The van der Waals surface area contributed by atoms with Crippen molar-refractivity contribution in [1.82, 2.24) is 0 Å². The molecule has 0 aliphatic carbocycles. The second kappa shape index (κ2) is 9.01. The zero-order chi connectivity index (χ0) is 23.5. The van der Waals surface area contributed by atoms with Gasteiger partial charge in [0.05, 0.1) is 16.9 Å². The maximum Gasteiger partial charge on any atom is 0.261 e. The van der Waals surface area contributed by atoms with E-state index in [1.165, 1.54) is 37.4 Å². The van der Waals surface area contributed by atoms with E-state index in [-0.39, 0.29) is 21.0 Å². The van der Waals surface area contributed by atoms with Crippen LogP contribution in [0.4, 0.5) is 11.4 Å². The quantitative estimate of drug-likeness (QED) is 0.541. The molecule has 0 spiro atoms. The van der Waals surface area contributed by atoms with Crippen LogP contribution in [0.15, 0.2) is 76.5 Å². The number of aryl methyl sites for hydroxylation is 1. The molecule has 1 amide bonds. The number of hydrogen-bond acceptors (Lipinski definition) is 6. The third-order valence-corrected chi connectivity index (χ3v) is 7.12. The van der Waals surface area contributed by atoms with Crippen LogP contribution in [-0.2, 0) is 19.9 Å². The molecule has 0 bridgehead atoms. The van der Waals surface area contributed by atoms with E-state index in [0.29, 0.717) is 17.0 Å². The van der Waals surface area contributed by atoms with Crippen LogP contribution in [0.5, 0.6) is 5.75 Å². The van der Waals surface area contributed by atoms with E-state index in [1.807, 2.05) is 0 Å². The summed E-state index contributed by atoms with van der Waals surface area (Å²) < 4.78 is 56.6. The number of ether oxygens (including phenoxy) is 1. The Morgan fingerprint density at radius 2 is 1.53 bits per heavy atom. The smallest absolute Gasteiger partial charge is 0.261 e. The minimum Gasteiger partial charge on any atom is -0.497 e. The molecule has 8 nitrogen and oxygen atoms in total. The molecule has 0 unspecified atom stereocenters. The van der Waals surface area contributed by atoms with Gasteiger partial charge in [-0.05, 0) is 67.1 Å². The van der Waals surface area contributed by atoms with Crippen LogP contribution in [0.3, 0.4) is 0 Å². The second-order valence-electron chi connectivity index (χ2n) is 7.06. The summed E-state index contributed by atoms with van der Waals surface area (Å²) in [4.78, 5) is 12.7. The molecule has 0 radical (unpaired) electrons. The van der Waals surface area contributed by atoms with Gasteiger partial charge in [0.15, 0.2) is 9.84 Å². The number of anilines is 2. The molecule has 10 heteroatoms. The first-order valence-corrected chi connectivity index (χ1v) is 12.8. The third-order valence-electron chi connectivity index (χ3n) is 4.63. The lowest BCUT2D eigenvalue weighted by Gasteiger charge is -2.12. The van der Waals surface area contributed by atoms with Gasteiger partial charge in [-0.1, -0.05) is 12.1 Å². The molecular weight excluding hydrogens is 452 g/mol. The Labute approximate surface area is 187 Å². The van der Waals surface area contributed by atoms with Crippen molar-refractivity contribution in [2.75, 3.05) is 23.4 Å². The van der Waals surface area contributed by atoms with Gasteiger partial charge in [0.1, 0.15) is 5.75 Å². The number of benzene rings is 3. The lowest BCUT2D eigenvalue weighted by molar-refractivity contribution is 0.102. The molecule has 0 heterocycles. The first-order valence-electron chi connectivity index (χ1n) is 9.38. The van der Waals surface area contributed by atoms with E-state index >= 15 is 0 Å². The summed E-state index contributed by atoms with van der Waals surface area (Å²) in [6, 6.07) is 16.4. The topological polar surface area (TPSA) is 119 Å². The Hall–Kier alpha value is -3.37. The van der Waals surface area contributed by atoms with Gasteiger partial charge < -0.3 is 10.1 Å². The van der Waals surface area contributed by atoms with E-state index in [0.717, 1.165) is 6.26 Å². The first-order chi connectivity index (χ1) is 15.0. The number of carbonyl (C=O) groups is 1. The number of hydrogen-bond donors (Lipinski definition) is 2. The summed E-state index contributed by atoms with van der Waals surface area (Å²) in [6.45, 7) is 1.68. The molecule has 0 saturated heterocycles. The van der Waals surface area contributed by atoms with Crippen molar-refractivity contribution in [2.45, 2.75) is 16.7 Å². The molecule has 0 atom stereocenters. The number of sulfonamides is 1. The highest BCUT2D eigenvalue weighted by molar-refractivity contribution is 7.92. The summed E-state index contributed by atoms with van der Waals surface area (Å²) in [5.41, 5.74) is 1.36. The van der Waals surface area contributed by atoms with Gasteiger partial charge in [-0.25, -0.2) is 16.8 Å². The van der Waals surface area contributed by atoms with Crippen molar-refractivity contribution >= 4 is 37.1 Å². The van der Waals surface area contributed by atoms with Crippen LogP contribution < -0.4 is 14.8 Å². The molecule has 0 fully saturated rings. The average Bonchev–Trinajstić information content (AvgIpc) is 2.73. The van der Waals surface area contributed by atoms with Crippen molar-refractivity contribution < 1.29 is 26.4 Å². The Balaban J connectivity index is 1.83. The number of rotatable bonds is 7. The SMILES string of the molecule is COc1ccc(NS(=O)(=O)c2cccc(NC(=O)c3cc(S(C)(=O)=O)ccc3C)c2)cc1. The second-order valence-corrected chi connectivity index (χ2v) is 10.8. The summed E-state index contributed by atoms with van der Waals surface area (Å²) in [5.74, 6) is 0.0403. The Morgan fingerprint density at radius 1 is 0.844 bits per heavy atom. The zero-order valence-corrected chi connectivity index (χ0v) is 19.2. The molecular formula is C22H22N2O6S2. The minimum absolute atomic E-state index is 0.0215. The molecule has 0 aliphatic heterocycles. The van der Waals surface area contributed by atoms with E-state index in [9.17, 15) is 21.6 Å². The molecule has 0 saturated carbocycles. The molecule has 0 aromatic heterocycles. The predicted octanol–water partition coefficient (Wildman–Crippen LogP) is 3.46. The predicted molar refractivity (Wildman–Crippen MR) is 122 cm³/mol. The van der Waals surface area contributed by atoms with E-state index < -0.39 is 25.8 Å². The van der Waals surface area contributed by atoms with Crippen molar-refractivity contribution in [3.05, 3.63) is 77.9 Å². The van der Waals surface area contributed by atoms with Crippen molar-refractivity contribution in [1.29, 1.82) is 0 Å². The zero-order valence-electron chi connectivity index (χ0n) is 17.6. The van der Waals surface area contributed by atoms with Gasteiger partial charge in [0, 0.05) is 23.2 Å². The Bertz CT molecular complexity index is 1370. The van der Waals surface area contributed by atoms with Gasteiger partial charge in [0.25, 0.3) is 15.9 Å². The summed E-state index contributed by atoms with van der Waals surface area (Å²) in [5, 5.41) is 2.63. The molecule has 168 valence electrons. The maximum atomic E-state index is 12.8. The van der Waals surface area contributed by atoms with Crippen LogP contribution in [0.25, 0.3) is 0 Å². The summed E-state index contributed by atoms with van der Waals surface area (Å²) in [7, 11) is -5.88. The van der Waals surface area contributed by atoms with Crippen molar-refractivity contribution in [3.63, 3.8) is 0 Å². The number of amides is 1.